The third-order valence-electron chi connectivity index (χ3n) is 6.51. The molecule has 1 aromatic carbocycles. The van der Waals surface area contributed by atoms with Crippen molar-refractivity contribution in [3.8, 4) is 11.5 Å². The summed E-state index contributed by atoms with van der Waals surface area (Å²) in [4.78, 5) is 75.1. The summed E-state index contributed by atoms with van der Waals surface area (Å²) < 4.78 is 26.5. The monoisotopic (exact) mass is 726 g/mol. The predicted molar refractivity (Wildman–Crippen MR) is 166 cm³/mol. The largest absolute Gasteiger partial charge is 0.504 e. The number of carbonyl (C=O) groups excluding carboxylic acids is 2. The molecule has 0 saturated carbocycles. The number of aryl methyl sites for hydroxylation is 1. The van der Waals surface area contributed by atoms with Crippen LogP contribution in [0.3, 0.4) is 0 Å². The van der Waals surface area contributed by atoms with Gasteiger partial charge in [0.1, 0.15) is 22.8 Å². The van der Waals surface area contributed by atoms with Crippen LogP contribution in [-0.2, 0) is 36.1 Å². The lowest BCUT2D eigenvalue weighted by Gasteiger charge is -2.49. The molecule has 0 aliphatic carbocycles. The van der Waals surface area contributed by atoms with Crippen LogP contribution < -0.4 is 22.2 Å². The molecule has 1 saturated heterocycles. The van der Waals surface area contributed by atoms with Crippen molar-refractivity contribution in [1.29, 1.82) is 0 Å². The smallest absolute Gasteiger partial charge is 0.352 e. The SMILES string of the molecule is Cn1[nH]c(=O)c(=O)nc1SCC1=C(C(=O)O)N2C(=O)[C@@H](NC(=O)/C(=N/OCS(=O)(=O)c3ccc(O)c(O)c3)c3csc(N)n3)[C@H]2SC1. The Kier molecular flexibility index (Phi) is 9.33. The van der Waals surface area contributed by atoms with Crippen molar-refractivity contribution in [3.63, 3.8) is 0 Å². The van der Waals surface area contributed by atoms with Gasteiger partial charge in [-0.3, -0.25) is 33.9 Å². The van der Waals surface area contributed by atoms with Crippen molar-refractivity contribution < 1.29 is 43.0 Å². The van der Waals surface area contributed by atoms with E-state index in [9.17, 15) is 47.7 Å². The number of rotatable bonds is 11. The Morgan fingerprint density at radius 2 is 1.98 bits per heavy atom. The van der Waals surface area contributed by atoms with E-state index in [4.69, 9.17) is 10.6 Å². The number of benzene rings is 1. The number of β-lactam (4-membered cyclic amide) rings is 1. The van der Waals surface area contributed by atoms with E-state index in [2.05, 4.69) is 25.5 Å². The molecule has 3 aromatic rings. The molecule has 0 unspecified atom stereocenters. The zero-order valence-electron chi connectivity index (χ0n) is 23.6. The number of aliphatic carboxylic acids is 1. The standard InChI is InChI=1S/C24H22N8O11S4/c1-31-24(28-18(36)19(37)29-31)46-6-9-5-44-21-15(20(38)32(21)16(9)22(39)40)27-17(35)14(11-7-45-23(25)26-11)30-43-8-47(41,42)10-2-3-12(33)13(34)4-10/h2-4,7,15,21,33-34H,5-6,8H2,1H3,(H2,25,26)(H,27,35)(H,29,37)(H,39,40)/b30-14+/t15-,21-/m1/s1. The molecule has 248 valence electrons. The van der Waals surface area contributed by atoms with Gasteiger partial charge in [0, 0.05) is 30.0 Å². The number of hydrogen-bond acceptors (Lipinski definition) is 17. The van der Waals surface area contributed by atoms with Crippen LogP contribution >= 0.6 is 34.9 Å². The van der Waals surface area contributed by atoms with Crippen molar-refractivity contribution >= 4 is 73.3 Å². The summed E-state index contributed by atoms with van der Waals surface area (Å²) in [6.45, 7) is 0. The Bertz CT molecular complexity index is 2090. The van der Waals surface area contributed by atoms with Crippen molar-refractivity contribution in [3.05, 3.63) is 61.3 Å². The first-order valence-electron chi connectivity index (χ1n) is 12.8. The van der Waals surface area contributed by atoms with Crippen LogP contribution in [-0.4, -0.2) is 101 Å². The molecule has 7 N–H and O–H groups in total. The van der Waals surface area contributed by atoms with E-state index in [0.717, 1.165) is 58.0 Å². The molecule has 23 heteroatoms. The number of anilines is 1. The molecule has 19 nitrogen and oxygen atoms in total. The maximum Gasteiger partial charge on any atom is 0.352 e. The Morgan fingerprint density at radius 3 is 2.64 bits per heavy atom. The number of amides is 2. The number of aromatic amines is 1. The number of hydrogen-bond donors (Lipinski definition) is 6. The van der Waals surface area contributed by atoms with Gasteiger partial charge in [-0.1, -0.05) is 16.9 Å². The fourth-order valence-electron chi connectivity index (χ4n) is 4.27. The zero-order valence-corrected chi connectivity index (χ0v) is 26.9. The summed E-state index contributed by atoms with van der Waals surface area (Å²) in [5, 5.41) is 38.1. The van der Waals surface area contributed by atoms with Gasteiger partial charge in [0.05, 0.1) is 4.90 Å². The summed E-state index contributed by atoms with van der Waals surface area (Å²) in [6.07, 6.45) is 0. The number of phenols is 2. The Morgan fingerprint density at radius 1 is 1.23 bits per heavy atom. The number of oxime groups is 1. The molecule has 0 radical (unpaired) electrons. The molecule has 4 heterocycles. The average molecular weight is 727 g/mol. The second kappa shape index (κ2) is 13.1. The number of nitrogens with two attached hydrogens (primary N) is 1. The first kappa shape index (κ1) is 33.5. The number of thiazole rings is 1. The number of nitrogen functional groups attached to an aromatic ring is 1. The lowest BCUT2D eigenvalue weighted by Crippen LogP contribution is -2.71. The summed E-state index contributed by atoms with van der Waals surface area (Å²) in [5.74, 6) is -5.32. The minimum Gasteiger partial charge on any atom is -0.504 e. The first-order chi connectivity index (χ1) is 22.2. The number of H-pyrrole nitrogens is 1. The zero-order chi connectivity index (χ0) is 34.2. The molecule has 2 atom stereocenters. The topological polar surface area (TPSA) is 290 Å². The van der Waals surface area contributed by atoms with Gasteiger partial charge in [0.2, 0.25) is 15.8 Å². The second-order valence-electron chi connectivity index (χ2n) is 9.63. The molecule has 0 spiro atoms. The van der Waals surface area contributed by atoms with Crippen molar-refractivity contribution in [2.24, 2.45) is 12.2 Å². The highest BCUT2D eigenvalue weighted by atomic mass is 32.2. The Balaban J connectivity index is 1.32. The van der Waals surface area contributed by atoms with Gasteiger partial charge < -0.3 is 31.2 Å². The van der Waals surface area contributed by atoms with Crippen LogP contribution in [0, 0.1) is 0 Å². The number of aromatic nitrogens is 4. The molecule has 5 rings (SSSR count). The molecular weight excluding hydrogens is 705 g/mol. The highest BCUT2D eigenvalue weighted by molar-refractivity contribution is 8.01. The summed E-state index contributed by atoms with van der Waals surface area (Å²) in [5.41, 5.74) is 3.15. The van der Waals surface area contributed by atoms with E-state index in [1.54, 1.807) is 0 Å². The van der Waals surface area contributed by atoms with Gasteiger partial charge in [-0.25, -0.2) is 18.2 Å². The quantitative estimate of drug-likeness (QED) is 0.0331. The predicted octanol–water partition coefficient (Wildman–Crippen LogP) is -1.40. The molecule has 1 fully saturated rings. The van der Waals surface area contributed by atoms with Gasteiger partial charge >= 0.3 is 17.1 Å². The summed E-state index contributed by atoms with van der Waals surface area (Å²) >= 11 is 3.08. The lowest BCUT2D eigenvalue weighted by atomic mass is 10.0. The number of carboxylic acids is 1. The number of aromatic hydroxyl groups is 2. The van der Waals surface area contributed by atoms with Crippen LogP contribution in [0.5, 0.6) is 11.5 Å². The number of carbonyl (C=O) groups is 3. The highest BCUT2D eigenvalue weighted by Gasteiger charge is 2.54. The van der Waals surface area contributed by atoms with Crippen LogP contribution in [0.4, 0.5) is 5.13 Å². The third-order valence-corrected chi connectivity index (χ3v) is 11.0. The number of phenolic OH excluding ortho intramolecular Hbond substituents is 2. The normalized spacial score (nSPS) is 18.0. The molecule has 2 amide bonds. The van der Waals surface area contributed by atoms with Gasteiger partial charge in [-0.05, 0) is 17.7 Å². The molecule has 2 aliphatic heterocycles. The van der Waals surface area contributed by atoms with E-state index in [-0.39, 0.29) is 33.2 Å². The first-order valence-corrected chi connectivity index (χ1v) is 17.4. The van der Waals surface area contributed by atoms with E-state index in [0.29, 0.717) is 5.57 Å². The van der Waals surface area contributed by atoms with Gasteiger partial charge in [0.25, 0.3) is 11.8 Å². The molecule has 0 bridgehead atoms. The van der Waals surface area contributed by atoms with E-state index in [1.807, 2.05) is 0 Å². The number of carboxylic acid groups (broad SMARTS) is 1. The number of sulfone groups is 1. The third kappa shape index (κ3) is 6.81. The number of thioether (sulfide) groups is 2. The fraction of sp³-hybridized carbons (Fsp3) is 0.250. The van der Waals surface area contributed by atoms with Gasteiger partial charge in [-0.2, -0.15) is 4.98 Å². The molecule has 2 aromatic heterocycles. The number of nitrogens with one attached hydrogen (secondary N) is 2. The lowest BCUT2D eigenvalue weighted by molar-refractivity contribution is -0.150. The van der Waals surface area contributed by atoms with Crippen molar-refractivity contribution in [2.45, 2.75) is 21.5 Å². The Hall–Kier alpha value is -4.87. The van der Waals surface area contributed by atoms with Gasteiger partial charge in [-0.15, -0.1) is 23.1 Å². The van der Waals surface area contributed by atoms with Crippen molar-refractivity contribution in [1.82, 2.24) is 30.0 Å². The molecule has 2 aliphatic rings. The van der Waals surface area contributed by atoms with E-state index in [1.165, 1.54) is 17.1 Å². The van der Waals surface area contributed by atoms with Gasteiger partial charge in [0.15, 0.2) is 27.5 Å². The maximum atomic E-state index is 13.3. The van der Waals surface area contributed by atoms with Crippen LogP contribution in [0.15, 0.2) is 59.6 Å². The molecule has 47 heavy (non-hydrogen) atoms. The summed E-state index contributed by atoms with van der Waals surface area (Å²) in [7, 11) is -2.78. The average Bonchev–Trinajstić information content (AvgIpc) is 3.45. The van der Waals surface area contributed by atoms with Crippen molar-refractivity contribution in [2.75, 3.05) is 23.2 Å². The molecular formula is C24H22N8O11S4. The minimum atomic E-state index is -4.23. The van der Waals surface area contributed by atoms with E-state index >= 15 is 0 Å². The highest BCUT2D eigenvalue weighted by Crippen LogP contribution is 2.41. The number of nitrogens with zero attached hydrogens (tertiary/aromatic N) is 5. The van der Waals surface area contributed by atoms with E-state index < -0.39 is 78.2 Å². The van der Waals surface area contributed by atoms with Crippen LogP contribution in [0.2, 0.25) is 0 Å². The minimum absolute atomic E-state index is 0.0144. The maximum absolute atomic E-state index is 13.3. The van der Waals surface area contributed by atoms with Crippen LogP contribution in [0.1, 0.15) is 5.69 Å². The number of fused-ring (bicyclic) bond motifs is 1. The fourth-order valence-corrected chi connectivity index (χ4v) is 8.12. The summed E-state index contributed by atoms with van der Waals surface area (Å²) in [6, 6.07) is 1.58. The van der Waals surface area contributed by atoms with Crippen LogP contribution in [0.25, 0.3) is 0 Å². The Labute approximate surface area is 275 Å². The second-order valence-corrected chi connectivity index (χ2v) is 14.5.